The summed E-state index contributed by atoms with van der Waals surface area (Å²) in [7, 11) is 1.64. The molecule has 5 heteroatoms. The van der Waals surface area contributed by atoms with Gasteiger partial charge in [0.15, 0.2) is 0 Å². The van der Waals surface area contributed by atoms with Crippen LogP contribution >= 0.6 is 0 Å². The van der Waals surface area contributed by atoms with E-state index < -0.39 is 0 Å². The van der Waals surface area contributed by atoms with Crippen LogP contribution in [-0.2, 0) is 4.74 Å². The fourth-order valence-electron chi connectivity index (χ4n) is 1.30. The molecule has 1 rings (SSSR count). The molecule has 16 heavy (non-hydrogen) atoms. The SMILES string of the molecule is CCNc1nc(C)nc(OCCOC)c1C. The van der Waals surface area contributed by atoms with Crippen molar-refractivity contribution in [2.45, 2.75) is 20.8 Å². The Bertz CT molecular complexity index is 342. The van der Waals surface area contributed by atoms with Crippen molar-refractivity contribution < 1.29 is 9.47 Å². The quantitative estimate of drug-likeness (QED) is 0.744. The number of ether oxygens (including phenoxy) is 2. The number of aromatic nitrogens is 2. The zero-order chi connectivity index (χ0) is 12.0. The van der Waals surface area contributed by atoms with Gasteiger partial charge in [0, 0.05) is 13.7 Å². The van der Waals surface area contributed by atoms with Gasteiger partial charge < -0.3 is 14.8 Å². The predicted octanol–water partition coefficient (Wildman–Crippen LogP) is 1.55. The maximum atomic E-state index is 5.53. The maximum Gasteiger partial charge on any atom is 0.221 e. The van der Waals surface area contributed by atoms with Crippen LogP contribution < -0.4 is 10.1 Å². The van der Waals surface area contributed by atoms with Gasteiger partial charge in [0.05, 0.1) is 12.2 Å². The molecule has 0 amide bonds. The average Bonchev–Trinajstić information content (AvgIpc) is 2.25. The molecule has 0 aliphatic carbocycles. The second-order valence-electron chi connectivity index (χ2n) is 3.42. The molecule has 1 heterocycles. The van der Waals surface area contributed by atoms with Crippen LogP contribution in [0.5, 0.6) is 5.88 Å². The highest BCUT2D eigenvalue weighted by Gasteiger charge is 2.09. The van der Waals surface area contributed by atoms with E-state index in [1.54, 1.807) is 7.11 Å². The second-order valence-corrected chi connectivity index (χ2v) is 3.42. The molecule has 0 atom stereocenters. The molecule has 0 aromatic carbocycles. The van der Waals surface area contributed by atoms with E-state index in [4.69, 9.17) is 9.47 Å². The van der Waals surface area contributed by atoms with E-state index >= 15 is 0 Å². The van der Waals surface area contributed by atoms with Gasteiger partial charge >= 0.3 is 0 Å². The lowest BCUT2D eigenvalue weighted by molar-refractivity contribution is 0.143. The van der Waals surface area contributed by atoms with Crippen LogP contribution in [0.3, 0.4) is 0 Å². The van der Waals surface area contributed by atoms with E-state index in [1.165, 1.54) is 0 Å². The summed E-state index contributed by atoms with van der Waals surface area (Å²) in [5.41, 5.74) is 0.934. The zero-order valence-corrected chi connectivity index (χ0v) is 10.3. The molecule has 0 fully saturated rings. The largest absolute Gasteiger partial charge is 0.475 e. The number of methoxy groups -OCH3 is 1. The van der Waals surface area contributed by atoms with E-state index in [0.29, 0.717) is 24.9 Å². The smallest absolute Gasteiger partial charge is 0.221 e. The number of nitrogens with one attached hydrogen (secondary N) is 1. The predicted molar refractivity (Wildman–Crippen MR) is 63.0 cm³/mol. The van der Waals surface area contributed by atoms with Crippen LogP contribution in [0.1, 0.15) is 18.3 Å². The van der Waals surface area contributed by atoms with Crippen molar-refractivity contribution >= 4 is 5.82 Å². The van der Waals surface area contributed by atoms with Crippen molar-refractivity contribution in [2.75, 3.05) is 32.2 Å². The topological polar surface area (TPSA) is 56.3 Å². The van der Waals surface area contributed by atoms with Gasteiger partial charge in [0.2, 0.25) is 5.88 Å². The number of hydrogen-bond donors (Lipinski definition) is 1. The maximum absolute atomic E-state index is 5.53. The minimum absolute atomic E-state index is 0.499. The summed E-state index contributed by atoms with van der Waals surface area (Å²) in [5.74, 6) is 2.16. The summed E-state index contributed by atoms with van der Waals surface area (Å²) in [6.45, 7) is 7.71. The third-order valence-electron chi connectivity index (χ3n) is 2.08. The van der Waals surface area contributed by atoms with E-state index in [2.05, 4.69) is 15.3 Å². The van der Waals surface area contributed by atoms with Crippen molar-refractivity contribution in [1.29, 1.82) is 0 Å². The number of nitrogens with zero attached hydrogens (tertiary/aromatic N) is 2. The molecule has 1 aromatic heterocycles. The summed E-state index contributed by atoms with van der Waals surface area (Å²) in [5, 5.41) is 3.19. The second kappa shape index (κ2) is 6.27. The summed E-state index contributed by atoms with van der Waals surface area (Å²) < 4.78 is 10.5. The first kappa shape index (κ1) is 12.7. The Labute approximate surface area is 96.2 Å². The van der Waals surface area contributed by atoms with E-state index in [-0.39, 0.29) is 0 Å². The molecule has 5 nitrogen and oxygen atoms in total. The molecule has 0 unspecified atom stereocenters. The molecule has 1 aromatic rings. The van der Waals surface area contributed by atoms with E-state index in [9.17, 15) is 0 Å². The highest BCUT2D eigenvalue weighted by Crippen LogP contribution is 2.21. The Morgan fingerprint density at radius 2 is 1.94 bits per heavy atom. The minimum Gasteiger partial charge on any atom is -0.475 e. The summed E-state index contributed by atoms with van der Waals surface area (Å²) in [4.78, 5) is 8.58. The lowest BCUT2D eigenvalue weighted by Crippen LogP contribution is -2.10. The molecule has 0 saturated heterocycles. The van der Waals surface area contributed by atoms with Crippen LogP contribution in [-0.4, -0.2) is 36.8 Å². The molecule has 0 bridgehead atoms. The van der Waals surface area contributed by atoms with Gasteiger partial charge in [0.25, 0.3) is 0 Å². The number of anilines is 1. The standard InChI is InChI=1S/C11H19N3O2/c1-5-12-10-8(2)11(14-9(3)13-10)16-7-6-15-4/h5-7H2,1-4H3,(H,12,13,14). The van der Waals surface area contributed by atoms with Crippen LogP contribution in [0, 0.1) is 13.8 Å². The Morgan fingerprint density at radius 1 is 1.19 bits per heavy atom. The highest BCUT2D eigenvalue weighted by molar-refractivity contribution is 5.48. The van der Waals surface area contributed by atoms with Gasteiger partial charge in [0.1, 0.15) is 18.2 Å². The van der Waals surface area contributed by atoms with Gasteiger partial charge in [-0.3, -0.25) is 0 Å². The first-order valence-corrected chi connectivity index (χ1v) is 5.39. The first-order valence-electron chi connectivity index (χ1n) is 5.39. The lowest BCUT2D eigenvalue weighted by atomic mass is 10.3. The summed E-state index contributed by atoms with van der Waals surface area (Å²) in [6, 6.07) is 0. The highest BCUT2D eigenvalue weighted by atomic mass is 16.5. The van der Waals surface area contributed by atoms with Crippen LogP contribution in [0.25, 0.3) is 0 Å². The molecule has 0 aliphatic rings. The van der Waals surface area contributed by atoms with Crippen molar-refractivity contribution in [3.8, 4) is 5.88 Å². The number of hydrogen-bond acceptors (Lipinski definition) is 5. The Hall–Kier alpha value is -1.36. The van der Waals surface area contributed by atoms with Crippen LogP contribution in [0.15, 0.2) is 0 Å². The van der Waals surface area contributed by atoms with Crippen molar-refractivity contribution in [3.05, 3.63) is 11.4 Å². The Morgan fingerprint density at radius 3 is 2.56 bits per heavy atom. The van der Waals surface area contributed by atoms with E-state index in [1.807, 2.05) is 20.8 Å². The molecule has 90 valence electrons. The molecule has 1 N–H and O–H groups in total. The van der Waals surface area contributed by atoms with Crippen LogP contribution in [0.2, 0.25) is 0 Å². The summed E-state index contributed by atoms with van der Waals surface area (Å²) in [6.07, 6.45) is 0. The first-order chi connectivity index (χ1) is 7.69. The number of aryl methyl sites for hydroxylation is 1. The zero-order valence-electron chi connectivity index (χ0n) is 10.3. The average molecular weight is 225 g/mol. The molecular formula is C11H19N3O2. The fraction of sp³-hybridized carbons (Fsp3) is 0.636. The minimum atomic E-state index is 0.499. The molecular weight excluding hydrogens is 206 g/mol. The Kier molecular flexibility index (Phi) is 4.98. The molecule has 0 radical (unpaired) electrons. The van der Waals surface area contributed by atoms with Crippen molar-refractivity contribution in [3.63, 3.8) is 0 Å². The molecule has 0 spiro atoms. The van der Waals surface area contributed by atoms with Crippen molar-refractivity contribution in [2.24, 2.45) is 0 Å². The van der Waals surface area contributed by atoms with Crippen molar-refractivity contribution in [1.82, 2.24) is 9.97 Å². The third kappa shape index (κ3) is 3.34. The van der Waals surface area contributed by atoms with Gasteiger partial charge in [-0.2, -0.15) is 4.98 Å². The molecule has 0 saturated carbocycles. The lowest BCUT2D eigenvalue weighted by Gasteiger charge is -2.12. The van der Waals surface area contributed by atoms with Gasteiger partial charge in [-0.05, 0) is 20.8 Å². The van der Waals surface area contributed by atoms with Gasteiger partial charge in [-0.25, -0.2) is 4.98 Å². The van der Waals surface area contributed by atoms with E-state index in [0.717, 1.165) is 17.9 Å². The normalized spacial score (nSPS) is 10.2. The van der Waals surface area contributed by atoms with Gasteiger partial charge in [-0.1, -0.05) is 0 Å². The van der Waals surface area contributed by atoms with Gasteiger partial charge in [-0.15, -0.1) is 0 Å². The monoisotopic (exact) mass is 225 g/mol. The van der Waals surface area contributed by atoms with Crippen LogP contribution in [0.4, 0.5) is 5.82 Å². The third-order valence-corrected chi connectivity index (χ3v) is 2.08. The molecule has 0 aliphatic heterocycles. The number of rotatable bonds is 6. The fourth-order valence-corrected chi connectivity index (χ4v) is 1.30. The Balaban J connectivity index is 2.81. The summed E-state index contributed by atoms with van der Waals surface area (Å²) >= 11 is 0.